The van der Waals surface area contributed by atoms with Crippen molar-refractivity contribution < 1.29 is 8.85 Å². The van der Waals surface area contributed by atoms with Gasteiger partial charge in [-0.2, -0.15) is 0 Å². The molecule has 0 aromatic rings. The molecule has 0 saturated carbocycles. The molecule has 62 valence electrons. The molecule has 2 nitrogen and oxygen atoms in total. The average Bonchev–Trinajstić information content (AvgIpc) is 1.89. The first-order chi connectivity index (χ1) is 4.72. The Kier molecular flexibility index (Phi) is 6.30. The number of hydrogen-bond donors (Lipinski definition) is 0. The van der Waals surface area contributed by atoms with Crippen LogP contribution in [0.4, 0.5) is 0 Å². The molecule has 0 aliphatic heterocycles. The zero-order valence-corrected chi connectivity index (χ0v) is 9.69. The van der Waals surface area contributed by atoms with Crippen molar-refractivity contribution in [3.63, 3.8) is 0 Å². The summed E-state index contributed by atoms with van der Waals surface area (Å²) in [6.45, 7) is 10.3. The van der Waals surface area contributed by atoms with Crippen molar-refractivity contribution in [2.75, 3.05) is 13.2 Å². The molecule has 0 aromatic carbocycles. The highest BCUT2D eigenvalue weighted by atomic mass is 29.2. The second-order valence-electron chi connectivity index (χ2n) is 2.32. The van der Waals surface area contributed by atoms with Crippen LogP contribution in [0.25, 0.3) is 0 Å². The zero-order chi connectivity index (χ0) is 7.98. The monoisotopic (exact) mass is 178 g/mol. The lowest BCUT2D eigenvalue weighted by atomic mass is 10.9. The number of hydrogen-bond acceptors (Lipinski definition) is 2. The Morgan fingerprint density at radius 3 is 1.40 bits per heavy atom. The van der Waals surface area contributed by atoms with Gasteiger partial charge < -0.3 is 8.85 Å². The van der Waals surface area contributed by atoms with E-state index in [2.05, 4.69) is 26.9 Å². The summed E-state index contributed by atoms with van der Waals surface area (Å²) < 4.78 is 11.1. The quantitative estimate of drug-likeness (QED) is 0.581. The van der Waals surface area contributed by atoms with Gasteiger partial charge in [0.25, 0.3) is 0 Å². The highest BCUT2D eigenvalue weighted by Gasteiger charge is 2.16. The molecule has 0 aromatic heterocycles. The van der Waals surface area contributed by atoms with Gasteiger partial charge in [-0.05, 0) is 26.9 Å². The SMILES string of the molecule is CCO[SiH](C)[SiH](C)OCC. The van der Waals surface area contributed by atoms with Crippen molar-refractivity contribution in [2.45, 2.75) is 26.9 Å². The van der Waals surface area contributed by atoms with E-state index < -0.39 is 17.1 Å². The maximum absolute atomic E-state index is 5.53. The van der Waals surface area contributed by atoms with Gasteiger partial charge in [-0.3, -0.25) is 0 Å². The third-order valence-electron chi connectivity index (χ3n) is 1.52. The van der Waals surface area contributed by atoms with Crippen LogP contribution in [0.5, 0.6) is 0 Å². The van der Waals surface area contributed by atoms with Gasteiger partial charge in [-0.1, -0.05) is 0 Å². The van der Waals surface area contributed by atoms with Crippen molar-refractivity contribution in [1.29, 1.82) is 0 Å². The van der Waals surface area contributed by atoms with E-state index in [1.807, 2.05) is 0 Å². The molecule has 2 unspecified atom stereocenters. The Morgan fingerprint density at radius 1 is 0.900 bits per heavy atom. The van der Waals surface area contributed by atoms with Gasteiger partial charge in [0.2, 0.25) is 0 Å². The Morgan fingerprint density at radius 2 is 1.20 bits per heavy atom. The summed E-state index contributed by atoms with van der Waals surface area (Å²) in [5.41, 5.74) is 0. The Balaban J connectivity index is 3.38. The van der Waals surface area contributed by atoms with E-state index in [-0.39, 0.29) is 0 Å². The van der Waals surface area contributed by atoms with Gasteiger partial charge in [0.1, 0.15) is 0 Å². The van der Waals surface area contributed by atoms with E-state index in [4.69, 9.17) is 8.85 Å². The topological polar surface area (TPSA) is 18.5 Å². The van der Waals surface area contributed by atoms with E-state index in [1.54, 1.807) is 0 Å². The summed E-state index contributed by atoms with van der Waals surface area (Å²) in [7, 11) is -1.79. The van der Waals surface area contributed by atoms with Gasteiger partial charge in [-0.25, -0.2) is 0 Å². The molecule has 0 aliphatic carbocycles. The van der Waals surface area contributed by atoms with Crippen molar-refractivity contribution in [2.24, 2.45) is 0 Å². The summed E-state index contributed by atoms with van der Waals surface area (Å²) >= 11 is 0. The molecule has 2 atom stereocenters. The minimum Gasteiger partial charge on any atom is -0.421 e. The molecule has 4 heteroatoms. The molecule has 0 amide bonds. The van der Waals surface area contributed by atoms with Crippen LogP contribution in [0.2, 0.25) is 13.1 Å². The van der Waals surface area contributed by atoms with Crippen LogP contribution in [0, 0.1) is 0 Å². The molecule has 0 heterocycles. The van der Waals surface area contributed by atoms with Gasteiger partial charge in [0, 0.05) is 13.2 Å². The van der Waals surface area contributed by atoms with E-state index in [9.17, 15) is 0 Å². The van der Waals surface area contributed by atoms with Crippen molar-refractivity contribution in [3.05, 3.63) is 0 Å². The minimum absolute atomic E-state index is 0.859. The lowest BCUT2D eigenvalue weighted by Gasteiger charge is -2.15. The predicted octanol–water partition coefficient (Wildman–Crippen LogP) is 0.845. The van der Waals surface area contributed by atoms with Crippen LogP contribution >= 0.6 is 0 Å². The van der Waals surface area contributed by atoms with Gasteiger partial charge in [-0.15, -0.1) is 0 Å². The molecule has 0 N–H and O–H groups in total. The van der Waals surface area contributed by atoms with E-state index in [1.165, 1.54) is 0 Å². The lowest BCUT2D eigenvalue weighted by Crippen LogP contribution is -2.35. The summed E-state index contributed by atoms with van der Waals surface area (Å²) in [6, 6.07) is 0. The molecular weight excluding hydrogens is 160 g/mol. The lowest BCUT2D eigenvalue weighted by molar-refractivity contribution is 0.327. The minimum atomic E-state index is -0.897. The van der Waals surface area contributed by atoms with E-state index in [0.29, 0.717) is 0 Å². The van der Waals surface area contributed by atoms with E-state index >= 15 is 0 Å². The highest BCUT2D eigenvalue weighted by Crippen LogP contribution is 1.94. The molecular formula is C6H18O2Si2. The molecule has 0 aliphatic rings. The molecule has 0 bridgehead atoms. The Hall–Kier alpha value is 0.354. The first kappa shape index (κ1) is 10.4. The second-order valence-corrected chi connectivity index (χ2v) is 11.4. The van der Waals surface area contributed by atoms with Crippen molar-refractivity contribution in [3.8, 4) is 0 Å². The fourth-order valence-corrected chi connectivity index (χ4v) is 5.17. The first-order valence-corrected chi connectivity index (χ1v) is 9.87. The smallest absolute Gasteiger partial charge is 0.189 e. The maximum Gasteiger partial charge on any atom is 0.189 e. The van der Waals surface area contributed by atoms with Crippen LogP contribution in [0.1, 0.15) is 13.8 Å². The maximum atomic E-state index is 5.53. The molecule has 0 saturated heterocycles. The summed E-state index contributed by atoms with van der Waals surface area (Å²) in [6.07, 6.45) is 0. The van der Waals surface area contributed by atoms with E-state index in [0.717, 1.165) is 13.2 Å². The second kappa shape index (κ2) is 6.09. The molecule has 10 heavy (non-hydrogen) atoms. The zero-order valence-electron chi connectivity index (χ0n) is 7.39. The Bertz CT molecular complexity index is 70.1. The number of rotatable bonds is 5. The molecule has 0 fully saturated rings. The van der Waals surface area contributed by atoms with Gasteiger partial charge >= 0.3 is 0 Å². The van der Waals surface area contributed by atoms with Crippen LogP contribution < -0.4 is 0 Å². The van der Waals surface area contributed by atoms with Crippen molar-refractivity contribution >= 4 is 17.1 Å². The molecule has 0 radical (unpaired) electrons. The largest absolute Gasteiger partial charge is 0.421 e. The average molecular weight is 178 g/mol. The normalized spacial score (nSPS) is 16.8. The fraction of sp³-hybridized carbons (Fsp3) is 1.00. The van der Waals surface area contributed by atoms with Crippen LogP contribution in [-0.4, -0.2) is 30.3 Å². The highest BCUT2D eigenvalue weighted by molar-refractivity contribution is 7.15. The van der Waals surface area contributed by atoms with Crippen LogP contribution in [0.3, 0.4) is 0 Å². The molecule has 0 rings (SSSR count). The Labute approximate surface area is 66.8 Å². The summed E-state index contributed by atoms with van der Waals surface area (Å²) in [5.74, 6) is 0. The standard InChI is InChI=1S/C6H18O2Si2/c1-5-7-9(3)10(4)8-6-2/h9-10H,5-6H2,1-4H3. The van der Waals surface area contributed by atoms with Gasteiger partial charge in [0.15, 0.2) is 17.1 Å². The van der Waals surface area contributed by atoms with Crippen LogP contribution in [-0.2, 0) is 8.85 Å². The van der Waals surface area contributed by atoms with Crippen LogP contribution in [0.15, 0.2) is 0 Å². The fourth-order valence-electron chi connectivity index (χ4n) is 0.797. The van der Waals surface area contributed by atoms with Gasteiger partial charge in [0.05, 0.1) is 0 Å². The third-order valence-corrected chi connectivity index (χ3v) is 9.68. The third kappa shape index (κ3) is 4.21. The summed E-state index contributed by atoms with van der Waals surface area (Å²) in [4.78, 5) is 0. The molecule has 0 spiro atoms. The summed E-state index contributed by atoms with van der Waals surface area (Å²) in [5, 5.41) is 0. The predicted molar refractivity (Wildman–Crippen MR) is 49.3 cm³/mol. The first-order valence-electron chi connectivity index (χ1n) is 3.95. The van der Waals surface area contributed by atoms with Crippen molar-refractivity contribution in [1.82, 2.24) is 0 Å².